The summed E-state index contributed by atoms with van der Waals surface area (Å²) < 4.78 is 2.07. The normalized spacial score (nSPS) is 21.2. The number of likely N-dealkylation sites (tertiary alicyclic amines) is 1. The summed E-state index contributed by atoms with van der Waals surface area (Å²) in [6, 6.07) is 2.64. The summed E-state index contributed by atoms with van der Waals surface area (Å²) in [5.74, 6) is 0. The third-order valence-electron chi connectivity index (χ3n) is 3.39. The number of nitrogens with one attached hydrogen (secondary N) is 1. The Kier molecular flexibility index (Phi) is 5.60. The Labute approximate surface area is 126 Å². The molecule has 1 aromatic rings. The Morgan fingerprint density at radius 3 is 3.06 bits per heavy atom. The van der Waals surface area contributed by atoms with Gasteiger partial charge in [-0.2, -0.15) is 0 Å². The van der Waals surface area contributed by atoms with Crippen molar-refractivity contribution in [2.24, 2.45) is 0 Å². The highest BCUT2D eigenvalue weighted by Crippen LogP contribution is 2.20. The third kappa shape index (κ3) is 4.02. The first-order valence-corrected chi connectivity index (χ1v) is 8.03. The molecular formula is C13H19Br2N3. The average Bonchev–Trinajstić information content (AvgIpc) is 2.38. The van der Waals surface area contributed by atoms with E-state index in [1.165, 1.54) is 19.4 Å². The van der Waals surface area contributed by atoms with Gasteiger partial charge in [-0.25, -0.2) is 0 Å². The van der Waals surface area contributed by atoms with Crippen LogP contribution >= 0.6 is 31.9 Å². The van der Waals surface area contributed by atoms with Crippen LogP contribution in [0.1, 0.15) is 25.5 Å². The lowest BCUT2D eigenvalue weighted by molar-refractivity contribution is 0.198. The molecule has 0 amide bonds. The Morgan fingerprint density at radius 2 is 2.33 bits per heavy atom. The molecule has 1 saturated heterocycles. The lowest BCUT2D eigenvalue weighted by Gasteiger charge is -2.32. The third-order valence-corrected chi connectivity index (χ3v) is 4.52. The number of hydrogen-bond acceptors (Lipinski definition) is 3. The van der Waals surface area contributed by atoms with E-state index in [1.54, 1.807) is 0 Å². The van der Waals surface area contributed by atoms with Gasteiger partial charge in [-0.3, -0.25) is 4.98 Å². The van der Waals surface area contributed by atoms with Gasteiger partial charge < -0.3 is 10.2 Å². The van der Waals surface area contributed by atoms with E-state index in [0.29, 0.717) is 6.04 Å². The molecule has 1 aromatic heterocycles. The van der Waals surface area contributed by atoms with Crippen molar-refractivity contribution in [1.29, 1.82) is 0 Å². The summed E-state index contributed by atoms with van der Waals surface area (Å²) in [5, 5.41) is 3.61. The summed E-state index contributed by atoms with van der Waals surface area (Å²) in [5.41, 5.74) is 1.08. The number of nitrogens with zero attached hydrogens (tertiary/aromatic N) is 2. The number of halogens is 2. The van der Waals surface area contributed by atoms with Crippen LogP contribution in [0.5, 0.6) is 0 Å². The van der Waals surface area contributed by atoms with Gasteiger partial charge in [0.25, 0.3) is 0 Å². The van der Waals surface area contributed by atoms with Crippen LogP contribution in [0.3, 0.4) is 0 Å². The number of rotatable bonds is 4. The van der Waals surface area contributed by atoms with E-state index in [-0.39, 0.29) is 0 Å². The molecule has 5 heteroatoms. The molecule has 3 nitrogen and oxygen atoms in total. The quantitative estimate of drug-likeness (QED) is 0.874. The van der Waals surface area contributed by atoms with E-state index in [1.807, 2.05) is 12.3 Å². The second-order valence-corrected chi connectivity index (χ2v) is 6.47. The zero-order valence-electron chi connectivity index (χ0n) is 10.6. The summed E-state index contributed by atoms with van der Waals surface area (Å²) in [7, 11) is 0. The first-order chi connectivity index (χ1) is 8.69. The summed E-state index contributed by atoms with van der Waals surface area (Å²) in [6.07, 6.45) is 4.41. The lowest BCUT2D eigenvalue weighted by Crippen LogP contribution is -2.45. The van der Waals surface area contributed by atoms with Crippen molar-refractivity contribution >= 4 is 31.9 Å². The maximum atomic E-state index is 4.43. The van der Waals surface area contributed by atoms with Gasteiger partial charge >= 0.3 is 0 Å². The molecule has 18 heavy (non-hydrogen) atoms. The molecule has 0 aliphatic carbocycles. The van der Waals surface area contributed by atoms with Gasteiger partial charge in [-0.15, -0.1) is 0 Å². The second-order valence-electron chi connectivity index (χ2n) is 4.70. The smallest absolute Gasteiger partial charge is 0.0684 e. The summed E-state index contributed by atoms with van der Waals surface area (Å²) >= 11 is 6.98. The van der Waals surface area contributed by atoms with E-state index < -0.39 is 0 Å². The summed E-state index contributed by atoms with van der Waals surface area (Å²) in [4.78, 5) is 6.94. The summed E-state index contributed by atoms with van der Waals surface area (Å²) in [6.45, 7) is 6.61. The molecule has 1 fully saturated rings. The molecule has 0 radical (unpaired) electrons. The molecule has 0 aromatic carbocycles. The fourth-order valence-electron chi connectivity index (χ4n) is 2.32. The lowest BCUT2D eigenvalue weighted by atomic mass is 10.1. The Balaban J connectivity index is 1.87. The molecule has 1 N–H and O–H groups in total. The van der Waals surface area contributed by atoms with Crippen LogP contribution in [-0.4, -0.2) is 35.6 Å². The highest BCUT2D eigenvalue weighted by molar-refractivity contribution is 9.11. The Morgan fingerprint density at radius 1 is 1.50 bits per heavy atom. The van der Waals surface area contributed by atoms with E-state index >= 15 is 0 Å². The molecule has 1 unspecified atom stereocenters. The molecule has 1 aliphatic heterocycles. The fourth-order valence-corrected chi connectivity index (χ4v) is 3.45. The predicted molar refractivity (Wildman–Crippen MR) is 81.6 cm³/mol. The predicted octanol–water partition coefficient (Wildman–Crippen LogP) is 3.18. The van der Waals surface area contributed by atoms with Gasteiger partial charge in [0.15, 0.2) is 0 Å². The van der Waals surface area contributed by atoms with Crippen molar-refractivity contribution in [3.63, 3.8) is 0 Å². The van der Waals surface area contributed by atoms with Crippen LogP contribution in [-0.2, 0) is 6.54 Å². The van der Waals surface area contributed by atoms with Crippen molar-refractivity contribution in [1.82, 2.24) is 15.2 Å². The molecule has 0 saturated carbocycles. The standard InChI is InChI=1S/C13H19Br2N3/c1-2-18-5-3-4-11(9-18)16-8-13-12(15)6-10(14)7-17-13/h6-7,11,16H,2-5,8-9H2,1H3. The SMILES string of the molecule is CCN1CCCC(NCc2ncc(Br)cc2Br)C1. The Hall–Kier alpha value is 0.0300. The van der Waals surface area contributed by atoms with E-state index in [9.17, 15) is 0 Å². The maximum absolute atomic E-state index is 4.43. The van der Waals surface area contributed by atoms with E-state index in [4.69, 9.17) is 0 Å². The van der Waals surface area contributed by atoms with Crippen LogP contribution in [0, 0.1) is 0 Å². The second kappa shape index (κ2) is 6.98. The van der Waals surface area contributed by atoms with Gasteiger partial charge in [0.2, 0.25) is 0 Å². The Bertz CT molecular complexity index is 398. The van der Waals surface area contributed by atoms with Crippen LogP contribution in [0.15, 0.2) is 21.2 Å². The number of piperidine rings is 1. The van der Waals surface area contributed by atoms with Crippen molar-refractivity contribution in [2.75, 3.05) is 19.6 Å². The van der Waals surface area contributed by atoms with Crippen LogP contribution in [0.2, 0.25) is 0 Å². The molecule has 1 atom stereocenters. The van der Waals surface area contributed by atoms with Crippen molar-refractivity contribution in [3.8, 4) is 0 Å². The van der Waals surface area contributed by atoms with Crippen LogP contribution in [0.4, 0.5) is 0 Å². The van der Waals surface area contributed by atoms with Gasteiger partial charge in [-0.05, 0) is 63.9 Å². The van der Waals surface area contributed by atoms with E-state index in [2.05, 4.69) is 54.0 Å². The fraction of sp³-hybridized carbons (Fsp3) is 0.615. The largest absolute Gasteiger partial charge is 0.307 e. The number of pyridine rings is 1. The van der Waals surface area contributed by atoms with Gasteiger partial charge in [-0.1, -0.05) is 6.92 Å². The van der Waals surface area contributed by atoms with Gasteiger partial charge in [0.05, 0.1) is 5.69 Å². The average molecular weight is 377 g/mol. The van der Waals surface area contributed by atoms with Crippen LogP contribution in [0.25, 0.3) is 0 Å². The van der Waals surface area contributed by atoms with Crippen molar-refractivity contribution < 1.29 is 0 Å². The zero-order valence-corrected chi connectivity index (χ0v) is 13.8. The minimum atomic E-state index is 0.594. The first-order valence-electron chi connectivity index (χ1n) is 6.44. The first kappa shape index (κ1) is 14.4. The highest BCUT2D eigenvalue weighted by atomic mass is 79.9. The molecule has 100 valence electrons. The molecular weight excluding hydrogens is 358 g/mol. The number of likely N-dealkylation sites (N-methyl/N-ethyl adjacent to an activating group) is 1. The van der Waals surface area contributed by atoms with E-state index in [0.717, 1.165) is 34.3 Å². The maximum Gasteiger partial charge on any atom is 0.0684 e. The molecule has 0 spiro atoms. The van der Waals surface area contributed by atoms with Crippen LogP contribution < -0.4 is 5.32 Å². The minimum absolute atomic E-state index is 0.594. The molecule has 2 rings (SSSR count). The molecule has 1 aliphatic rings. The number of hydrogen-bond donors (Lipinski definition) is 1. The molecule has 0 bridgehead atoms. The highest BCUT2D eigenvalue weighted by Gasteiger charge is 2.18. The van der Waals surface area contributed by atoms with Gasteiger partial charge in [0, 0.05) is 34.3 Å². The minimum Gasteiger partial charge on any atom is -0.307 e. The van der Waals surface area contributed by atoms with Gasteiger partial charge in [0.1, 0.15) is 0 Å². The van der Waals surface area contributed by atoms with Crippen molar-refractivity contribution in [2.45, 2.75) is 32.4 Å². The molecule has 2 heterocycles. The number of aromatic nitrogens is 1. The topological polar surface area (TPSA) is 28.2 Å². The van der Waals surface area contributed by atoms with Crippen molar-refractivity contribution in [3.05, 3.63) is 26.9 Å². The zero-order chi connectivity index (χ0) is 13.0. The monoisotopic (exact) mass is 375 g/mol.